The average Bonchev–Trinajstić information content (AvgIpc) is 2.75. The molecule has 1 amide bonds. The van der Waals surface area contributed by atoms with Crippen molar-refractivity contribution in [1.29, 1.82) is 0 Å². The number of sulfonamides is 1. The average molecular weight is 475 g/mol. The lowest BCUT2D eigenvalue weighted by atomic mass is 10.2. The molecule has 2 aromatic carbocycles. The highest BCUT2D eigenvalue weighted by molar-refractivity contribution is 7.89. The van der Waals surface area contributed by atoms with Crippen LogP contribution in [0.2, 0.25) is 5.02 Å². The number of rotatable bonds is 6. The van der Waals surface area contributed by atoms with Crippen molar-refractivity contribution in [2.24, 2.45) is 0 Å². The summed E-state index contributed by atoms with van der Waals surface area (Å²) in [6.45, 7) is 0.281. The van der Waals surface area contributed by atoms with Crippen LogP contribution in [0.5, 0.6) is 0 Å². The maximum absolute atomic E-state index is 13.3. The molecule has 0 spiro atoms. The predicted molar refractivity (Wildman–Crippen MR) is 106 cm³/mol. The van der Waals surface area contributed by atoms with Crippen molar-refractivity contribution in [2.45, 2.75) is 4.90 Å². The number of nitrogens with one attached hydrogen (secondary N) is 1. The minimum Gasteiger partial charge on any atom is -0.452 e. The highest BCUT2D eigenvalue weighted by Crippen LogP contribution is 2.22. The van der Waals surface area contributed by atoms with Crippen molar-refractivity contribution in [3.05, 3.63) is 58.6 Å². The number of hydrogen-bond acceptors (Lipinski definition) is 6. The Labute approximate surface area is 181 Å². The fourth-order valence-corrected chi connectivity index (χ4v) is 4.44. The van der Waals surface area contributed by atoms with Gasteiger partial charge >= 0.3 is 5.97 Å². The third-order valence-corrected chi connectivity index (χ3v) is 6.50. The van der Waals surface area contributed by atoms with Crippen LogP contribution >= 0.6 is 11.6 Å². The molecule has 1 aliphatic rings. The van der Waals surface area contributed by atoms with Crippen LogP contribution in [0.3, 0.4) is 0 Å². The summed E-state index contributed by atoms with van der Waals surface area (Å²) in [5.74, 6) is -4.42. The third-order valence-electron chi connectivity index (χ3n) is 4.29. The van der Waals surface area contributed by atoms with E-state index in [1.165, 1.54) is 28.6 Å². The molecule has 1 heterocycles. The highest BCUT2D eigenvalue weighted by atomic mass is 35.5. The van der Waals surface area contributed by atoms with E-state index in [1.54, 1.807) is 0 Å². The van der Waals surface area contributed by atoms with Gasteiger partial charge in [-0.3, -0.25) is 4.79 Å². The Morgan fingerprint density at radius 3 is 2.52 bits per heavy atom. The summed E-state index contributed by atoms with van der Waals surface area (Å²) < 4.78 is 63.0. The van der Waals surface area contributed by atoms with E-state index >= 15 is 0 Å². The van der Waals surface area contributed by atoms with Crippen molar-refractivity contribution >= 4 is 39.2 Å². The van der Waals surface area contributed by atoms with Crippen molar-refractivity contribution < 1.29 is 36.3 Å². The fourth-order valence-electron chi connectivity index (χ4n) is 2.76. The molecule has 0 aromatic heterocycles. The first kappa shape index (κ1) is 23.1. The van der Waals surface area contributed by atoms with Gasteiger partial charge in [-0.05, 0) is 30.3 Å². The monoisotopic (exact) mass is 474 g/mol. The van der Waals surface area contributed by atoms with Gasteiger partial charge in [0.1, 0.15) is 0 Å². The molecule has 0 unspecified atom stereocenters. The Kier molecular flexibility index (Phi) is 7.21. The largest absolute Gasteiger partial charge is 0.452 e. The molecule has 0 bridgehead atoms. The maximum Gasteiger partial charge on any atom is 0.340 e. The minimum atomic E-state index is -3.76. The van der Waals surface area contributed by atoms with Gasteiger partial charge in [-0.25, -0.2) is 22.0 Å². The molecule has 0 radical (unpaired) electrons. The molecule has 1 N–H and O–H groups in total. The predicted octanol–water partition coefficient (Wildman–Crippen LogP) is 2.43. The zero-order valence-corrected chi connectivity index (χ0v) is 17.5. The molecular weight excluding hydrogens is 458 g/mol. The van der Waals surface area contributed by atoms with Crippen molar-refractivity contribution in [2.75, 3.05) is 38.2 Å². The first-order chi connectivity index (χ1) is 14.7. The molecule has 1 saturated heterocycles. The van der Waals surface area contributed by atoms with E-state index in [2.05, 4.69) is 5.32 Å². The van der Waals surface area contributed by atoms with Crippen LogP contribution in [-0.2, 0) is 24.3 Å². The van der Waals surface area contributed by atoms with Crippen LogP contribution in [0.4, 0.5) is 14.5 Å². The highest BCUT2D eigenvalue weighted by Gasteiger charge is 2.26. The molecule has 1 aliphatic heterocycles. The summed E-state index contributed by atoms with van der Waals surface area (Å²) in [4.78, 5) is 24.0. The first-order valence-corrected chi connectivity index (χ1v) is 10.8. The Morgan fingerprint density at radius 2 is 1.81 bits per heavy atom. The quantitative estimate of drug-likeness (QED) is 0.509. The minimum absolute atomic E-state index is 0.0160. The summed E-state index contributed by atoms with van der Waals surface area (Å²) in [5.41, 5.74) is -0.270. The molecule has 12 heteroatoms. The summed E-state index contributed by atoms with van der Waals surface area (Å²) in [5, 5.41) is 2.04. The van der Waals surface area contributed by atoms with E-state index in [4.69, 9.17) is 21.1 Å². The van der Waals surface area contributed by atoms with E-state index in [-0.39, 0.29) is 28.7 Å². The van der Waals surface area contributed by atoms with E-state index in [1.807, 2.05) is 0 Å². The van der Waals surface area contributed by atoms with Crippen molar-refractivity contribution in [1.82, 2.24) is 4.31 Å². The Hall–Kier alpha value is -2.60. The van der Waals surface area contributed by atoms with Crippen LogP contribution in [-0.4, -0.2) is 57.5 Å². The second-order valence-electron chi connectivity index (χ2n) is 6.41. The molecular formula is C19H17ClF2N2O6S. The van der Waals surface area contributed by atoms with Gasteiger partial charge in [0.25, 0.3) is 5.91 Å². The Balaban J connectivity index is 1.63. The Morgan fingerprint density at radius 1 is 1.13 bits per heavy atom. The molecule has 0 aliphatic carbocycles. The molecule has 0 atom stereocenters. The van der Waals surface area contributed by atoms with Crippen LogP contribution in [0.25, 0.3) is 0 Å². The van der Waals surface area contributed by atoms with E-state index in [0.717, 1.165) is 0 Å². The van der Waals surface area contributed by atoms with E-state index in [9.17, 15) is 26.8 Å². The van der Waals surface area contributed by atoms with Crippen molar-refractivity contribution in [3.63, 3.8) is 0 Å². The maximum atomic E-state index is 13.3. The molecule has 8 nitrogen and oxygen atoms in total. The van der Waals surface area contributed by atoms with Gasteiger partial charge in [0.2, 0.25) is 10.0 Å². The molecule has 1 fully saturated rings. The lowest BCUT2D eigenvalue weighted by Crippen LogP contribution is -2.40. The zero-order valence-electron chi connectivity index (χ0n) is 15.9. The smallest absolute Gasteiger partial charge is 0.340 e. The summed E-state index contributed by atoms with van der Waals surface area (Å²) >= 11 is 5.69. The number of benzene rings is 2. The number of esters is 1. The normalized spacial score (nSPS) is 14.8. The lowest BCUT2D eigenvalue weighted by Gasteiger charge is -2.26. The van der Waals surface area contributed by atoms with Gasteiger partial charge in [-0.15, -0.1) is 0 Å². The van der Waals surface area contributed by atoms with Crippen LogP contribution < -0.4 is 5.32 Å². The number of halogens is 3. The fraction of sp³-hybridized carbons (Fsp3) is 0.263. The van der Waals surface area contributed by atoms with Gasteiger partial charge in [-0.1, -0.05) is 17.7 Å². The van der Waals surface area contributed by atoms with Gasteiger partial charge in [0.15, 0.2) is 18.2 Å². The number of anilines is 1. The van der Waals surface area contributed by atoms with Crippen molar-refractivity contribution in [3.8, 4) is 0 Å². The topological polar surface area (TPSA) is 102 Å². The number of amides is 1. The van der Waals surface area contributed by atoms with Crippen LogP contribution in [0.15, 0.2) is 41.3 Å². The lowest BCUT2D eigenvalue weighted by molar-refractivity contribution is -0.119. The summed E-state index contributed by atoms with van der Waals surface area (Å²) in [7, 11) is -3.76. The molecule has 31 heavy (non-hydrogen) atoms. The molecule has 3 rings (SSSR count). The molecule has 166 valence electrons. The van der Waals surface area contributed by atoms with Gasteiger partial charge < -0.3 is 14.8 Å². The number of nitrogens with zero attached hydrogens (tertiary/aromatic N) is 1. The second-order valence-corrected chi connectivity index (χ2v) is 8.76. The standard InChI is InChI=1S/C19H17ClF2N2O6S/c20-15-10-17(22)16(21)9-14(15)19(26)30-11-18(25)23-12-2-1-3-13(8-12)31(27,28)24-4-6-29-7-5-24/h1-3,8-10H,4-7,11H2,(H,23,25). The number of carbonyl (C=O) groups is 2. The third kappa shape index (κ3) is 5.56. The Bertz CT molecular complexity index is 1110. The van der Waals surface area contributed by atoms with Gasteiger partial charge in [0.05, 0.1) is 28.7 Å². The first-order valence-electron chi connectivity index (χ1n) is 8.98. The second kappa shape index (κ2) is 9.69. The van der Waals surface area contributed by atoms with Crippen LogP contribution in [0.1, 0.15) is 10.4 Å². The number of morpholine rings is 1. The van der Waals surface area contributed by atoms with Gasteiger partial charge in [-0.2, -0.15) is 4.31 Å². The SMILES string of the molecule is O=C(COC(=O)c1cc(F)c(F)cc1Cl)Nc1cccc(S(=O)(=O)N2CCOCC2)c1. The van der Waals surface area contributed by atoms with E-state index < -0.39 is 45.7 Å². The summed E-state index contributed by atoms with van der Waals surface area (Å²) in [6, 6.07) is 6.77. The number of hydrogen-bond donors (Lipinski definition) is 1. The van der Waals surface area contributed by atoms with E-state index in [0.29, 0.717) is 25.3 Å². The zero-order chi connectivity index (χ0) is 22.6. The number of carbonyl (C=O) groups excluding carboxylic acids is 2. The van der Waals surface area contributed by atoms with Gasteiger partial charge in [0, 0.05) is 18.8 Å². The molecule has 2 aromatic rings. The number of ether oxygens (including phenoxy) is 2. The molecule has 0 saturated carbocycles. The van der Waals surface area contributed by atoms with Crippen LogP contribution in [0, 0.1) is 11.6 Å². The summed E-state index contributed by atoms with van der Waals surface area (Å²) in [6.07, 6.45) is 0.